The Morgan fingerprint density at radius 3 is 2.61 bits per heavy atom. The lowest BCUT2D eigenvalue weighted by atomic mass is 10.1. The van der Waals surface area contributed by atoms with Crippen molar-refractivity contribution in [2.75, 3.05) is 0 Å². The molecule has 0 heterocycles. The standard InChI is InChI=1S/C15H11ClF2N2O3/c1-8(12-3-2-11(17)6-13(12)18)19-7-9-4-10(16)5-14(15(9)21)20(22)23/h2-8,21H,1H3/p-1/t8-/m0/s1. The number of benzene rings is 2. The average Bonchev–Trinajstić information content (AvgIpc) is 2.47. The Bertz CT molecular complexity index is 797. The maximum Gasteiger partial charge on any atom is 0.263 e. The molecule has 1 atom stereocenters. The summed E-state index contributed by atoms with van der Waals surface area (Å²) in [5.41, 5.74) is -0.621. The lowest BCUT2D eigenvalue weighted by molar-refractivity contribution is -0.398. The summed E-state index contributed by atoms with van der Waals surface area (Å²) in [5.74, 6) is -2.32. The number of hydrogen-bond donors (Lipinski definition) is 0. The van der Waals surface area contributed by atoms with Crippen molar-refractivity contribution >= 4 is 23.5 Å². The zero-order chi connectivity index (χ0) is 17.1. The molecule has 23 heavy (non-hydrogen) atoms. The van der Waals surface area contributed by atoms with Gasteiger partial charge in [-0.05, 0) is 30.4 Å². The fourth-order valence-corrected chi connectivity index (χ4v) is 2.16. The topological polar surface area (TPSA) is 78.6 Å². The zero-order valence-corrected chi connectivity index (χ0v) is 12.6. The first-order chi connectivity index (χ1) is 10.8. The highest BCUT2D eigenvalue weighted by atomic mass is 35.5. The minimum atomic E-state index is -0.839. The van der Waals surface area contributed by atoms with Crippen LogP contribution in [0.1, 0.15) is 24.1 Å². The zero-order valence-electron chi connectivity index (χ0n) is 11.8. The number of nitro groups is 1. The van der Waals surface area contributed by atoms with Crippen LogP contribution in [0.3, 0.4) is 0 Å². The molecule has 0 unspecified atom stereocenters. The lowest BCUT2D eigenvalue weighted by Crippen LogP contribution is -2.03. The smallest absolute Gasteiger partial charge is 0.263 e. The summed E-state index contributed by atoms with van der Waals surface area (Å²) in [6.07, 6.45) is 1.09. The molecule has 0 aliphatic rings. The van der Waals surface area contributed by atoms with Crippen LogP contribution < -0.4 is 5.11 Å². The Morgan fingerprint density at radius 2 is 2.00 bits per heavy atom. The van der Waals surface area contributed by atoms with E-state index >= 15 is 0 Å². The molecule has 8 heteroatoms. The normalized spacial score (nSPS) is 12.5. The Hall–Kier alpha value is -2.54. The van der Waals surface area contributed by atoms with E-state index in [1.54, 1.807) is 0 Å². The van der Waals surface area contributed by atoms with E-state index in [9.17, 15) is 24.0 Å². The molecule has 0 aliphatic carbocycles. The van der Waals surface area contributed by atoms with Crippen LogP contribution in [0.25, 0.3) is 0 Å². The van der Waals surface area contributed by atoms with Gasteiger partial charge in [0.2, 0.25) is 0 Å². The van der Waals surface area contributed by atoms with Gasteiger partial charge in [0.05, 0.1) is 11.0 Å². The van der Waals surface area contributed by atoms with Gasteiger partial charge in [0, 0.05) is 28.9 Å². The minimum absolute atomic E-state index is 0.0124. The van der Waals surface area contributed by atoms with Gasteiger partial charge >= 0.3 is 0 Å². The number of halogens is 3. The van der Waals surface area contributed by atoms with Crippen molar-refractivity contribution < 1.29 is 18.8 Å². The van der Waals surface area contributed by atoms with Crippen molar-refractivity contribution in [2.45, 2.75) is 13.0 Å². The first-order valence-electron chi connectivity index (χ1n) is 6.42. The molecule has 0 bridgehead atoms. The van der Waals surface area contributed by atoms with Gasteiger partial charge in [-0.25, -0.2) is 8.78 Å². The fraction of sp³-hybridized carbons (Fsp3) is 0.133. The first-order valence-corrected chi connectivity index (χ1v) is 6.80. The van der Waals surface area contributed by atoms with Crippen molar-refractivity contribution in [2.24, 2.45) is 4.99 Å². The van der Waals surface area contributed by atoms with Gasteiger partial charge in [0.25, 0.3) is 5.69 Å². The van der Waals surface area contributed by atoms with E-state index < -0.39 is 34.0 Å². The van der Waals surface area contributed by atoms with Crippen LogP contribution in [0.5, 0.6) is 5.75 Å². The highest BCUT2D eigenvalue weighted by Gasteiger charge is 2.13. The predicted octanol–water partition coefficient (Wildman–Crippen LogP) is 3.78. The van der Waals surface area contributed by atoms with Crippen LogP contribution in [0.15, 0.2) is 35.3 Å². The third-order valence-electron chi connectivity index (χ3n) is 3.11. The van der Waals surface area contributed by atoms with Crippen molar-refractivity contribution in [3.63, 3.8) is 0 Å². The van der Waals surface area contributed by atoms with E-state index in [2.05, 4.69) is 4.99 Å². The van der Waals surface area contributed by atoms with E-state index in [0.717, 1.165) is 24.4 Å². The molecule has 0 amide bonds. The molecule has 0 spiro atoms. The Balaban J connectivity index is 2.34. The summed E-state index contributed by atoms with van der Waals surface area (Å²) in [6, 6.07) is 4.52. The Morgan fingerprint density at radius 1 is 1.30 bits per heavy atom. The molecule has 0 aromatic heterocycles. The van der Waals surface area contributed by atoms with Gasteiger partial charge in [-0.15, -0.1) is 0 Å². The molecule has 0 saturated carbocycles. The summed E-state index contributed by atoms with van der Waals surface area (Å²) in [6.45, 7) is 1.54. The largest absolute Gasteiger partial charge is 0.867 e. The highest BCUT2D eigenvalue weighted by Crippen LogP contribution is 2.30. The van der Waals surface area contributed by atoms with Gasteiger partial charge in [-0.1, -0.05) is 17.7 Å². The summed E-state index contributed by atoms with van der Waals surface area (Å²) >= 11 is 5.73. The number of nitro benzene ring substituents is 1. The summed E-state index contributed by atoms with van der Waals surface area (Å²) < 4.78 is 26.5. The van der Waals surface area contributed by atoms with E-state index in [1.807, 2.05) is 0 Å². The number of aliphatic imine (C=N–C) groups is 1. The summed E-state index contributed by atoms with van der Waals surface area (Å²) in [7, 11) is 0. The van der Waals surface area contributed by atoms with Gasteiger partial charge in [0.1, 0.15) is 11.6 Å². The molecule has 0 fully saturated rings. The molecule has 0 aliphatic heterocycles. The van der Waals surface area contributed by atoms with Gasteiger partial charge in [-0.2, -0.15) is 0 Å². The van der Waals surface area contributed by atoms with Crippen molar-refractivity contribution in [1.29, 1.82) is 0 Å². The van der Waals surface area contributed by atoms with E-state index in [-0.39, 0.29) is 16.1 Å². The molecule has 2 aromatic carbocycles. The number of nitrogens with zero attached hydrogens (tertiary/aromatic N) is 2. The van der Waals surface area contributed by atoms with E-state index in [4.69, 9.17) is 11.6 Å². The fourth-order valence-electron chi connectivity index (χ4n) is 1.94. The van der Waals surface area contributed by atoms with Crippen molar-refractivity contribution in [1.82, 2.24) is 0 Å². The molecular formula is C15H10ClF2N2O3-. The Labute approximate surface area is 135 Å². The van der Waals surface area contributed by atoms with E-state index in [1.165, 1.54) is 19.1 Å². The monoisotopic (exact) mass is 339 g/mol. The van der Waals surface area contributed by atoms with Gasteiger partial charge in [-0.3, -0.25) is 15.1 Å². The highest BCUT2D eigenvalue weighted by molar-refractivity contribution is 6.31. The van der Waals surface area contributed by atoms with Crippen LogP contribution in [0.4, 0.5) is 14.5 Å². The van der Waals surface area contributed by atoms with Crippen LogP contribution >= 0.6 is 11.6 Å². The molecule has 2 aromatic rings. The predicted molar refractivity (Wildman–Crippen MR) is 79.9 cm³/mol. The maximum atomic E-state index is 13.7. The SMILES string of the molecule is C[C@H](N=Cc1cc(Cl)cc([N+](=O)[O-])c1[O-])c1ccc(F)cc1F. The van der Waals surface area contributed by atoms with Crippen LogP contribution in [0, 0.1) is 21.7 Å². The van der Waals surface area contributed by atoms with Crippen molar-refractivity contribution in [3.8, 4) is 5.75 Å². The third kappa shape index (κ3) is 3.81. The van der Waals surface area contributed by atoms with Crippen LogP contribution in [-0.4, -0.2) is 11.1 Å². The quantitative estimate of drug-likeness (QED) is 0.483. The Kier molecular flexibility index (Phi) is 4.90. The second-order valence-electron chi connectivity index (χ2n) is 4.72. The van der Waals surface area contributed by atoms with Crippen LogP contribution in [0.2, 0.25) is 5.02 Å². The molecule has 0 radical (unpaired) electrons. The second-order valence-corrected chi connectivity index (χ2v) is 5.16. The van der Waals surface area contributed by atoms with Crippen LogP contribution in [-0.2, 0) is 0 Å². The number of hydrogen-bond acceptors (Lipinski definition) is 4. The maximum absolute atomic E-state index is 13.7. The lowest BCUT2D eigenvalue weighted by Gasteiger charge is -2.12. The summed E-state index contributed by atoms with van der Waals surface area (Å²) in [5, 5.41) is 22.7. The molecule has 2 rings (SSSR count). The first kappa shape index (κ1) is 16.8. The number of rotatable bonds is 4. The molecule has 0 saturated heterocycles. The third-order valence-corrected chi connectivity index (χ3v) is 3.33. The van der Waals surface area contributed by atoms with Gasteiger partial charge < -0.3 is 5.11 Å². The van der Waals surface area contributed by atoms with Gasteiger partial charge in [0.15, 0.2) is 0 Å². The minimum Gasteiger partial charge on any atom is -0.867 e. The van der Waals surface area contributed by atoms with Crippen molar-refractivity contribution in [3.05, 3.63) is 68.2 Å². The van der Waals surface area contributed by atoms with E-state index in [0.29, 0.717) is 0 Å². The molecular weight excluding hydrogens is 330 g/mol. The molecule has 120 valence electrons. The average molecular weight is 340 g/mol. The summed E-state index contributed by atoms with van der Waals surface area (Å²) in [4.78, 5) is 13.9. The second kappa shape index (κ2) is 6.70. The molecule has 5 nitrogen and oxygen atoms in total. The molecule has 0 N–H and O–H groups in total.